The van der Waals surface area contributed by atoms with Crippen molar-refractivity contribution in [3.05, 3.63) is 50.5 Å². The molecule has 1 amide bonds. The maximum absolute atomic E-state index is 14.4. The number of carbonyl (C=O) groups is 1. The molecular formula is C18H19ClFN5O2. The van der Waals surface area contributed by atoms with Gasteiger partial charge in [-0.15, -0.1) is 0 Å². The van der Waals surface area contributed by atoms with Gasteiger partial charge in [0.1, 0.15) is 11.6 Å². The molecule has 0 radical (unpaired) electrons. The fraction of sp³-hybridized carbons (Fsp3) is 0.389. The third-order valence-electron chi connectivity index (χ3n) is 5.09. The Bertz CT molecular complexity index is 935. The summed E-state index contributed by atoms with van der Waals surface area (Å²) in [5.41, 5.74) is -0.00682. The zero-order chi connectivity index (χ0) is 19.1. The first kappa shape index (κ1) is 17.9. The Morgan fingerprint density at radius 3 is 2.63 bits per heavy atom. The van der Waals surface area contributed by atoms with E-state index in [-0.39, 0.29) is 34.3 Å². The highest BCUT2D eigenvalue weighted by Crippen LogP contribution is 2.38. The van der Waals surface area contributed by atoms with E-state index in [4.69, 9.17) is 11.6 Å². The van der Waals surface area contributed by atoms with Crippen molar-refractivity contribution in [2.45, 2.75) is 12.3 Å². The van der Waals surface area contributed by atoms with E-state index in [0.29, 0.717) is 5.95 Å². The van der Waals surface area contributed by atoms with Gasteiger partial charge in [-0.05, 0) is 19.2 Å². The molecule has 0 unspecified atom stereocenters. The van der Waals surface area contributed by atoms with Crippen LogP contribution < -0.4 is 15.8 Å². The fourth-order valence-corrected chi connectivity index (χ4v) is 3.91. The van der Waals surface area contributed by atoms with E-state index in [2.05, 4.69) is 20.2 Å². The third-order valence-corrected chi connectivity index (χ3v) is 5.42. The van der Waals surface area contributed by atoms with E-state index < -0.39 is 17.3 Å². The number of halogens is 2. The summed E-state index contributed by atoms with van der Waals surface area (Å²) in [6, 6.07) is 4.31. The standard InChI is InChI=1S/C18H19ClFN5O2/c1-24-5-7-25(8-6-24)18-22-16-15(17(27)23-18)10(9-13(26)21-16)14-11(19)3-2-4-12(14)20/h2-4,10H,5-9H2,1H3,(H2,21,22,23,26,27)/t10-/m1/s1. The topological polar surface area (TPSA) is 81.3 Å². The first-order chi connectivity index (χ1) is 12.9. The highest BCUT2D eigenvalue weighted by Gasteiger charge is 2.34. The monoisotopic (exact) mass is 391 g/mol. The van der Waals surface area contributed by atoms with Gasteiger partial charge in [-0.1, -0.05) is 17.7 Å². The SMILES string of the molecule is CN1CCN(c2nc3c(c(=O)[nH]2)[C@@H](c2c(F)cccc2Cl)CC(=O)N3)CC1. The molecule has 2 aliphatic rings. The molecular weight excluding hydrogens is 373 g/mol. The number of amides is 1. The maximum Gasteiger partial charge on any atom is 0.258 e. The first-order valence-corrected chi connectivity index (χ1v) is 9.13. The van der Waals surface area contributed by atoms with Crippen molar-refractivity contribution >= 4 is 29.3 Å². The van der Waals surface area contributed by atoms with Crippen molar-refractivity contribution in [3.63, 3.8) is 0 Å². The van der Waals surface area contributed by atoms with E-state index >= 15 is 0 Å². The van der Waals surface area contributed by atoms with Gasteiger partial charge in [0.2, 0.25) is 11.9 Å². The van der Waals surface area contributed by atoms with Crippen LogP contribution in [0.5, 0.6) is 0 Å². The highest BCUT2D eigenvalue weighted by atomic mass is 35.5. The number of aromatic nitrogens is 2. The van der Waals surface area contributed by atoms with Gasteiger partial charge in [0, 0.05) is 49.1 Å². The molecule has 142 valence electrons. The van der Waals surface area contributed by atoms with Gasteiger partial charge in [0.15, 0.2) is 0 Å². The second kappa shape index (κ2) is 6.94. The summed E-state index contributed by atoms with van der Waals surface area (Å²) in [6.45, 7) is 3.13. The van der Waals surface area contributed by atoms with Crippen molar-refractivity contribution in [1.29, 1.82) is 0 Å². The van der Waals surface area contributed by atoms with Gasteiger partial charge in [0.05, 0.1) is 5.56 Å². The van der Waals surface area contributed by atoms with Gasteiger partial charge in [-0.2, -0.15) is 4.98 Å². The molecule has 0 aliphatic carbocycles. The lowest BCUT2D eigenvalue weighted by Gasteiger charge is -2.33. The zero-order valence-corrected chi connectivity index (χ0v) is 15.5. The van der Waals surface area contributed by atoms with Crippen LogP contribution in [-0.4, -0.2) is 54.0 Å². The summed E-state index contributed by atoms with van der Waals surface area (Å²) in [4.78, 5) is 36.5. The molecule has 1 aromatic heterocycles. The minimum atomic E-state index is -0.778. The normalized spacial score (nSPS) is 20.3. The van der Waals surface area contributed by atoms with Crippen molar-refractivity contribution in [3.8, 4) is 0 Å². The number of fused-ring (bicyclic) bond motifs is 1. The summed E-state index contributed by atoms with van der Waals surface area (Å²) in [7, 11) is 2.03. The summed E-state index contributed by atoms with van der Waals surface area (Å²) in [5.74, 6) is -1.06. The molecule has 3 heterocycles. The molecule has 0 saturated carbocycles. The zero-order valence-electron chi connectivity index (χ0n) is 14.8. The Kier molecular flexibility index (Phi) is 4.61. The van der Waals surface area contributed by atoms with Crippen LogP contribution in [-0.2, 0) is 4.79 Å². The molecule has 9 heteroatoms. The minimum Gasteiger partial charge on any atom is -0.340 e. The Morgan fingerprint density at radius 2 is 1.93 bits per heavy atom. The van der Waals surface area contributed by atoms with Crippen LogP contribution in [0.4, 0.5) is 16.2 Å². The van der Waals surface area contributed by atoms with Gasteiger partial charge >= 0.3 is 0 Å². The number of benzene rings is 1. The van der Waals surface area contributed by atoms with Gasteiger partial charge in [-0.3, -0.25) is 14.6 Å². The van der Waals surface area contributed by atoms with E-state index in [1.165, 1.54) is 12.1 Å². The van der Waals surface area contributed by atoms with Gasteiger partial charge in [-0.25, -0.2) is 4.39 Å². The number of piperazine rings is 1. The molecule has 1 fully saturated rings. The van der Waals surface area contributed by atoms with Crippen LogP contribution in [0.1, 0.15) is 23.5 Å². The summed E-state index contributed by atoms with van der Waals surface area (Å²) in [5, 5.41) is 2.84. The molecule has 1 atom stereocenters. The molecule has 1 aromatic carbocycles. The second-order valence-electron chi connectivity index (χ2n) is 6.88. The minimum absolute atomic E-state index is 0.0632. The Labute approximate surface area is 160 Å². The van der Waals surface area contributed by atoms with Crippen molar-refractivity contribution in [2.75, 3.05) is 43.4 Å². The lowest BCUT2D eigenvalue weighted by Crippen LogP contribution is -2.46. The number of anilines is 2. The number of hydrogen-bond donors (Lipinski definition) is 2. The predicted molar refractivity (Wildman–Crippen MR) is 101 cm³/mol. The quantitative estimate of drug-likeness (QED) is 0.815. The molecule has 7 nitrogen and oxygen atoms in total. The van der Waals surface area contributed by atoms with E-state index in [0.717, 1.165) is 26.2 Å². The number of rotatable bonds is 2. The van der Waals surface area contributed by atoms with E-state index in [9.17, 15) is 14.0 Å². The van der Waals surface area contributed by atoms with E-state index in [1.54, 1.807) is 6.07 Å². The number of nitrogens with one attached hydrogen (secondary N) is 2. The molecule has 1 saturated heterocycles. The predicted octanol–water partition coefficient (Wildman–Crippen LogP) is 1.79. The number of aromatic amines is 1. The van der Waals surface area contributed by atoms with Crippen LogP contribution in [0.2, 0.25) is 5.02 Å². The van der Waals surface area contributed by atoms with Crippen molar-refractivity contribution in [1.82, 2.24) is 14.9 Å². The maximum atomic E-state index is 14.4. The van der Waals surface area contributed by atoms with Crippen LogP contribution >= 0.6 is 11.6 Å². The smallest absolute Gasteiger partial charge is 0.258 e. The fourth-order valence-electron chi connectivity index (χ4n) is 3.62. The van der Waals surface area contributed by atoms with Crippen molar-refractivity contribution in [2.24, 2.45) is 0 Å². The van der Waals surface area contributed by atoms with Crippen LogP contribution in [0.15, 0.2) is 23.0 Å². The second-order valence-corrected chi connectivity index (χ2v) is 7.29. The summed E-state index contributed by atoms with van der Waals surface area (Å²) in [6.07, 6.45) is -0.0632. The Hall–Kier alpha value is -2.45. The van der Waals surface area contributed by atoms with E-state index in [1.807, 2.05) is 11.9 Å². The lowest BCUT2D eigenvalue weighted by atomic mass is 9.86. The molecule has 0 bridgehead atoms. The van der Waals surface area contributed by atoms with Crippen LogP contribution in [0.3, 0.4) is 0 Å². The largest absolute Gasteiger partial charge is 0.340 e. The Morgan fingerprint density at radius 1 is 1.19 bits per heavy atom. The van der Waals surface area contributed by atoms with Crippen LogP contribution in [0, 0.1) is 5.82 Å². The first-order valence-electron chi connectivity index (χ1n) is 8.75. The van der Waals surface area contributed by atoms with Gasteiger partial charge in [0.25, 0.3) is 5.56 Å². The summed E-state index contributed by atoms with van der Waals surface area (Å²) >= 11 is 6.18. The third kappa shape index (κ3) is 3.30. The van der Waals surface area contributed by atoms with Crippen molar-refractivity contribution < 1.29 is 9.18 Å². The number of likely N-dealkylation sites (N-methyl/N-ethyl adjacent to an activating group) is 1. The lowest BCUT2D eigenvalue weighted by molar-refractivity contribution is -0.116. The molecule has 2 aliphatic heterocycles. The molecule has 2 N–H and O–H groups in total. The van der Waals surface area contributed by atoms with Gasteiger partial charge < -0.3 is 15.1 Å². The molecule has 4 rings (SSSR count). The molecule has 27 heavy (non-hydrogen) atoms. The number of H-pyrrole nitrogens is 1. The number of nitrogens with zero attached hydrogens (tertiary/aromatic N) is 3. The number of carbonyl (C=O) groups excluding carboxylic acids is 1. The highest BCUT2D eigenvalue weighted by molar-refractivity contribution is 6.31. The average Bonchev–Trinajstić information content (AvgIpc) is 2.61. The molecule has 2 aromatic rings. The average molecular weight is 392 g/mol. The molecule has 0 spiro atoms. The Balaban J connectivity index is 1.79. The number of hydrogen-bond acceptors (Lipinski definition) is 5. The van der Waals surface area contributed by atoms with Crippen LogP contribution in [0.25, 0.3) is 0 Å². The summed E-state index contributed by atoms with van der Waals surface area (Å²) < 4.78 is 14.4.